The lowest BCUT2D eigenvalue weighted by Crippen LogP contribution is -2.26. The molecule has 0 radical (unpaired) electrons. The van der Waals surface area contributed by atoms with Crippen LogP contribution in [-0.2, 0) is 0 Å². The topological polar surface area (TPSA) is 79.5 Å². The van der Waals surface area contributed by atoms with Gasteiger partial charge in [-0.25, -0.2) is 9.78 Å². The molecule has 1 aromatic heterocycles. The first-order chi connectivity index (χ1) is 7.60. The molecule has 0 saturated heterocycles. The van der Waals surface area contributed by atoms with Crippen LogP contribution in [0.25, 0.3) is 0 Å². The molecule has 16 heavy (non-hydrogen) atoms. The van der Waals surface area contributed by atoms with Crippen LogP contribution in [0, 0.1) is 0 Å². The van der Waals surface area contributed by atoms with E-state index < -0.39 is 5.97 Å². The van der Waals surface area contributed by atoms with E-state index >= 15 is 0 Å². The van der Waals surface area contributed by atoms with Gasteiger partial charge in [0.05, 0.1) is 5.69 Å². The summed E-state index contributed by atoms with van der Waals surface area (Å²) in [5.41, 5.74) is 6.34. The lowest BCUT2D eigenvalue weighted by Gasteiger charge is -2.22. The molecule has 0 amide bonds. The highest BCUT2D eigenvalue weighted by Gasteiger charge is 2.12. The highest BCUT2D eigenvalue weighted by Crippen LogP contribution is 2.20. The largest absolute Gasteiger partial charge is 0.477 e. The van der Waals surface area contributed by atoms with Crippen LogP contribution in [-0.4, -0.2) is 29.1 Å². The predicted octanol–water partition coefficient (Wildman–Crippen LogP) is 1.60. The predicted molar refractivity (Wildman–Crippen MR) is 63.8 cm³/mol. The van der Waals surface area contributed by atoms with Gasteiger partial charge in [0, 0.05) is 13.1 Å². The highest BCUT2D eigenvalue weighted by molar-refractivity contribution is 5.86. The molecule has 1 aromatic rings. The molecule has 0 aromatic carbocycles. The second-order valence-corrected chi connectivity index (χ2v) is 3.49. The van der Waals surface area contributed by atoms with Crippen LogP contribution in [0.3, 0.4) is 0 Å². The Morgan fingerprint density at radius 2 is 2.19 bits per heavy atom. The zero-order valence-electron chi connectivity index (χ0n) is 9.60. The number of carboxylic acids is 1. The van der Waals surface area contributed by atoms with E-state index in [9.17, 15) is 4.79 Å². The van der Waals surface area contributed by atoms with Crippen LogP contribution in [0.5, 0.6) is 0 Å². The molecule has 0 saturated carbocycles. The summed E-state index contributed by atoms with van der Waals surface area (Å²) in [4.78, 5) is 16.8. The van der Waals surface area contributed by atoms with Crippen LogP contribution < -0.4 is 10.6 Å². The molecular weight excluding hydrogens is 206 g/mol. The number of carboxylic acid groups (broad SMARTS) is 1. The number of anilines is 2. The molecule has 0 atom stereocenters. The summed E-state index contributed by atoms with van der Waals surface area (Å²) in [6.07, 6.45) is 0.965. The average Bonchev–Trinajstić information content (AvgIpc) is 2.26. The molecule has 0 fully saturated rings. The summed E-state index contributed by atoms with van der Waals surface area (Å²) in [6, 6.07) is 3.01. The van der Waals surface area contributed by atoms with Crippen molar-refractivity contribution in [1.29, 1.82) is 0 Å². The summed E-state index contributed by atoms with van der Waals surface area (Å²) in [6.45, 7) is 5.62. The van der Waals surface area contributed by atoms with Gasteiger partial charge in [-0.2, -0.15) is 0 Å². The van der Waals surface area contributed by atoms with Crippen molar-refractivity contribution in [3.8, 4) is 0 Å². The Balaban J connectivity index is 3.09. The molecule has 0 spiro atoms. The molecule has 0 aliphatic carbocycles. The molecule has 0 aliphatic rings. The molecule has 0 unspecified atom stereocenters. The summed E-state index contributed by atoms with van der Waals surface area (Å²) in [5, 5.41) is 8.86. The fourth-order valence-corrected chi connectivity index (χ4v) is 1.52. The Morgan fingerprint density at radius 3 is 2.69 bits per heavy atom. The lowest BCUT2D eigenvalue weighted by molar-refractivity contribution is 0.0690. The normalized spacial score (nSPS) is 10.1. The Kier molecular flexibility index (Phi) is 4.10. The molecule has 5 nitrogen and oxygen atoms in total. The van der Waals surface area contributed by atoms with E-state index in [2.05, 4.69) is 11.9 Å². The van der Waals surface area contributed by atoms with Crippen molar-refractivity contribution in [3.05, 3.63) is 17.8 Å². The smallest absolute Gasteiger partial charge is 0.354 e. The van der Waals surface area contributed by atoms with Crippen LogP contribution in [0.1, 0.15) is 30.8 Å². The van der Waals surface area contributed by atoms with Gasteiger partial charge in [0.2, 0.25) is 0 Å². The van der Waals surface area contributed by atoms with Crippen LogP contribution in [0.2, 0.25) is 0 Å². The number of hydrogen-bond acceptors (Lipinski definition) is 4. The molecule has 0 aliphatic heterocycles. The fraction of sp³-hybridized carbons (Fsp3) is 0.455. The maximum Gasteiger partial charge on any atom is 0.354 e. The first kappa shape index (κ1) is 12.3. The first-order valence-electron chi connectivity index (χ1n) is 5.34. The highest BCUT2D eigenvalue weighted by atomic mass is 16.4. The van der Waals surface area contributed by atoms with Crippen molar-refractivity contribution in [1.82, 2.24) is 4.98 Å². The van der Waals surface area contributed by atoms with Crippen LogP contribution >= 0.6 is 0 Å². The van der Waals surface area contributed by atoms with Gasteiger partial charge < -0.3 is 15.7 Å². The molecule has 1 heterocycles. The maximum absolute atomic E-state index is 10.8. The number of nitrogens with zero attached hydrogens (tertiary/aromatic N) is 2. The molecule has 5 heteroatoms. The minimum absolute atomic E-state index is 0.0266. The van der Waals surface area contributed by atoms with Crippen LogP contribution in [0.4, 0.5) is 11.5 Å². The van der Waals surface area contributed by atoms with E-state index in [4.69, 9.17) is 10.8 Å². The summed E-state index contributed by atoms with van der Waals surface area (Å²) >= 11 is 0. The van der Waals surface area contributed by atoms with Gasteiger partial charge in [0.1, 0.15) is 0 Å². The third kappa shape index (κ3) is 2.62. The Hall–Kier alpha value is -1.78. The van der Waals surface area contributed by atoms with Crippen molar-refractivity contribution in [2.75, 3.05) is 23.7 Å². The zero-order chi connectivity index (χ0) is 12.1. The number of aromatic nitrogens is 1. The number of nitrogen functional groups attached to an aromatic ring is 1. The monoisotopic (exact) mass is 223 g/mol. The van der Waals surface area contributed by atoms with E-state index in [1.807, 2.05) is 11.8 Å². The SMILES string of the molecule is CCCN(CC)c1nc(C(=O)O)ccc1N. The van der Waals surface area contributed by atoms with Gasteiger partial charge >= 0.3 is 5.97 Å². The Morgan fingerprint density at radius 1 is 1.50 bits per heavy atom. The zero-order valence-corrected chi connectivity index (χ0v) is 9.60. The van der Waals surface area contributed by atoms with E-state index in [-0.39, 0.29) is 5.69 Å². The summed E-state index contributed by atoms with van der Waals surface area (Å²) in [7, 11) is 0. The molecule has 88 valence electrons. The number of aromatic carboxylic acids is 1. The Bertz CT molecular complexity index is 379. The average molecular weight is 223 g/mol. The van der Waals surface area contributed by atoms with Gasteiger partial charge in [-0.1, -0.05) is 6.92 Å². The minimum atomic E-state index is -1.03. The van der Waals surface area contributed by atoms with Crippen molar-refractivity contribution >= 4 is 17.5 Å². The number of pyridine rings is 1. The first-order valence-corrected chi connectivity index (χ1v) is 5.34. The summed E-state index contributed by atoms with van der Waals surface area (Å²) in [5.74, 6) is -0.474. The van der Waals surface area contributed by atoms with Gasteiger partial charge in [-0.3, -0.25) is 0 Å². The Labute approximate surface area is 94.9 Å². The van der Waals surface area contributed by atoms with Gasteiger partial charge in [0.25, 0.3) is 0 Å². The number of carbonyl (C=O) groups is 1. The van der Waals surface area contributed by atoms with Crippen molar-refractivity contribution < 1.29 is 9.90 Å². The summed E-state index contributed by atoms with van der Waals surface area (Å²) < 4.78 is 0. The van der Waals surface area contributed by atoms with Crippen molar-refractivity contribution in [2.45, 2.75) is 20.3 Å². The van der Waals surface area contributed by atoms with E-state index in [0.29, 0.717) is 11.5 Å². The minimum Gasteiger partial charge on any atom is -0.477 e. The van der Waals surface area contributed by atoms with E-state index in [0.717, 1.165) is 19.5 Å². The number of nitrogens with two attached hydrogens (primary N) is 1. The molecule has 1 rings (SSSR count). The standard InChI is InChI=1S/C11H17N3O2/c1-3-7-14(4-2)10-8(12)5-6-9(13-10)11(15)16/h5-6H,3-4,7,12H2,1-2H3,(H,15,16). The van der Waals surface area contributed by atoms with Gasteiger partial charge in [0.15, 0.2) is 11.5 Å². The molecule has 0 bridgehead atoms. The molecular formula is C11H17N3O2. The maximum atomic E-state index is 10.8. The molecule has 3 N–H and O–H groups in total. The van der Waals surface area contributed by atoms with Crippen molar-refractivity contribution in [3.63, 3.8) is 0 Å². The second kappa shape index (κ2) is 5.34. The fourth-order valence-electron chi connectivity index (χ4n) is 1.52. The van der Waals surface area contributed by atoms with Gasteiger partial charge in [-0.15, -0.1) is 0 Å². The van der Waals surface area contributed by atoms with Crippen LogP contribution in [0.15, 0.2) is 12.1 Å². The van der Waals surface area contributed by atoms with Crippen molar-refractivity contribution in [2.24, 2.45) is 0 Å². The van der Waals surface area contributed by atoms with E-state index in [1.54, 1.807) is 6.07 Å². The number of rotatable bonds is 5. The number of hydrogen-bond donors (Lipinski definition) is 2. The third-order valence-corrected chi connectivity index (χ3v) is 2.30. The van der Waals surface area contributed by atoms with E-state index in [1.165, 1.54) is 6.07 Å². The second-order valence-electron chi connectivity index (χ2n) is 3.49. The lowest BCUT2D eigenvalue weighted by atomic mass is 10.3. The quantitative estimate of drug-likeness (QED) is 0.792. The third-order valence-electron chi connectivity index (χ3n) is 2.30. The van der Waals surface area contributed by atoms with Gasteiger partial charge in [-0.05, 0) is 25.5 Å².